The molecule has 0 fully saturated rings. The van der Waals surface area contributed by atoms with E-state index in [9.17, 15) is 8.42 Å². The second kappa shape index (κ2) is 7.30. The monoisotopic (exact) mass is 380 g/mol. The largest absolute Gasteiger partial charge is 0.264 e. The Morgan fingerprint density at radius 2 is 1.62 bits per heavy atom. The highest BCUT2D eigenvalue weighted by Gasteiger charge is 2.24. The van der Waals surface area contributed by atoms with Crippen molar-refractivity contribution in [2.24, 2.45) is 0 Å². The molecule has 0 spiro atoms. The number of sulfone groups is 1. The molecule has 3 aromatic rings. The first kappa shape index (κ1) is 18.4. The van der Waals surface area contributed by atoms with Gasteiger partial charge in [-0.1, -0.05) is 41.9 Å². The van der Waals surface area contributed by atoms with Gasteiger partial charge in [0.2, 0.25) is 0 Å². The Balaban J connectivity index is 0.00000208. The molecule has 0 bridgehead atoms. The van der Waals surface area contributed by atoms with Crippen LogP contribution < -0.4 is 0 Å². The Morgan fingerprint density at radius 1 is 0.958 bits per heavy atom. The predicted octanol–water partition coefficient (Wildman–Crippen LogP) is 4.29. The van der Waals surface area contributed by atoms with Crippen LogP contribution in [0.3, 0.4) is 0 Å². The molecule has 0 saturated carbocycles. The van der Waals surface area contributed by atoms with Crippen LogP contribution in [0.2, 0.25) is 5.02 Å². The summed E-state index contributed by atoms with van der Waals surface area (Å²) in [5.74, 6) is 0. The Hall–Kier alpha value is -1.95. The van der Waals surface area contributed by atoms with Gasteiger partial charge in [0.25, 0.3) is 0 Å². The number of nitrogens with zero attached hydrogens (tertiary/aromatic N) is 2. The molecule has 3 rings (SSSR count). The van der Waals surface area contributed by atoms with Crippen LogP contribution in [0.25, 0.3) is 22.4 Å². The summed E-state index contributed by atoms with van der Waals surface area (Å²) in [6.45, 7) is 0. The summed E-state index contributed by atoms with van der Waals surface area (Å²) >= 11 is 6.29. The van der Waals surface area contributed by atoms with Gasteiger partial charge in [-0.2, -0.15) is 0 Å². The molecule has 0 radical (unpaired) electrons. The van der Waals surface area contributed by atoms with Crippen LogP contribution in [0.15, 0.2) is 66.0 Å². The number of halogens is 2. The Labute approximate surface area is 151 Å². The zero-order chi connectivity index (χ0) is 16.4. The van der Waals surface area contributed by atoms with Crippen LogP contribution in [-0.4, -0.2) is 24.6 Å². The molecule has 124 valence electrons. The summed E-state index contributed by atoms with van der Waals surface area (Å²) in [5.41, 5.74) is 2.17. The molecule has 7 heteroatoms. The zero-order valence-electron chi connectivity index (χ0n) is 12.7. The van der Waals surface area contributed by atoms with Gasteiger partial charge in [0.05, 0.1) is 10.7 Å². The molecular weight excluding hydrogens is 367 g/mol. The van der Waals surface area contributed by atoms with E-state index < -0.39 is 9.84 Å². The van der Waals surface area contributed by atoms with E-state index in [2.05, 4.69) is 9.97 Å². The lowest BCUT2D eigenvalue weighted by Gasteiger charge is -2.14. The van der Waals surface area contributed by atoms with Gasteiger partial charge in [-0.15, -0.1) is 12.4 Å². The van der Waals surface area contributed by atoms with E-state index in [0.29, 0.717) is 21.8 Å². The fourth-order valence-corrected chi connectivity index (χ4v) is 3.84. The summed E-state index contributed by atoms with van der Waals surface area (Å²) < 4.78 is 24.9. The first-order valence-corrected chi connectivity index (χ1v) is 9.10. The van der Waals surface area contributed by atoms with Crippen molar-refractivity contribution in [1.82, 2.24) is 9.97 Å². The molecule has 0 aliphatic rings. The van der Waals surface area contributed by atoms with Crippen LogP contribution in [0.4, 0.5) is 0 Å². The van der Waals surface area contributed by atoms with Gasteiger partial charge < -0.3 is 0 Å². The third-order valence-corrected chi connectivity index (χ3v) is 4.78. The SMILES string of the molecule is CS(=O)(=O)c1c(-c2cccnc2)ncc(Cl)c1-c1ccccc1.Cl. The number of aromatic nitrogens is 2. The molecule has 2 aromatic heterocycles. The minimum absolute atomic E-state index is 0. The third kappa shape index (κ3) is 3.59. The molecule has 0 unspecified atom stereocenters. The molecular formula is C17H14Cl2N2O2S. The average Bonchev–Trinajstić information content (AvgIpc) is 2.55. The summed E-state index contributed by atoms with van der Waals surface area (Å²) in [6.07, 6.45) is 5.84. The molecule has 0 aliphatic carbocycles. The van der Waals surface area contributed by atoms with Crippen LogP contribution in [0, 0.1) is 0 Å². The molecule has 0 N–H and O–H groups in total. The molecule has 0 saturated heterocycles. The minimum atomic E-state index is -3.56. The Bertz CT molecular complexity index is 947. The van der Waals surface area contributed by atoms with Crippen molar-refractivity contribution in [3.8, 4) is 22.4 Å². The van der Waals surface area contributed by atoms with E-state index in [4.69, 9.17) is 11.6 Å². The second-order valence-corrected chi connectivity index (χ2v) is 7.40. The van der Waals surface area contributed by atoms with E-state index in [1.165, 1.54) is 6.20 Å². The molecule has 0 aliphatic heterocycles. The number of rotatable bonds is 3. The lowest BCUT2D eigenvalue weighted by molar-refractivity contribution is 0.602. The van der Waals surface area contributed by atoms with Gasteiger partial charge in [0.15, 0.2) is 9.84 Å². The highest BCUT2D eigenvalue weighted by atomic mass is 35.5. The van der Waals surface area contributed by atoms with Gasteiger partial charge in [-0.3, -0.25) is 9.97 Å². The van der Waals surface area contributed by atoms with Crippen molar-refractivity contribution >= 4 is 33.8 Å². The smallest absolute Gasteiger partial charge is 0.178 e. The summed E-state index contributed by atoms with van der Waals surface area (Å²) in [6, 6.07) is 12.7. The van der Waals surface area contributed by atoms with Crippen molar-refractivity contribution in [2.45, 2.75) is 4.90 Å². The van der Waals surface area contributed by atoms with Gasteiger partial charge in [0.1, 0.15) is 4.90 Å². The van der Waals surface area contributed by atoms with Crippen LogP contribution in [-0.2, 0) is 9.84 Å². The van der Waals surface area contributed by atoms with E-state index in [1.54, 1.807) is 24.5 Å². The average molecular weight is 381 g/mol. The number of hydrogen-bond donors (Lipinski definition) is 0. The molecule has 2 heterocycles. The van der Waals surface area contributed by atoms with E-state index in [1.807, 2.05) is 30.3 Å². The van der Waals surface area contributed by atoms with E-state index in [0.717, 1.165) is 11.8 Å². The van der Waals surface area contributed by atoms with E-state index in [-0.39, 0.29) is 17.3 Å². The standard InChI is InChI=1S/C17H13ClN2O2S.ClH/c1-23(21,22)17-15(12-6-3-2-4-7-12)14(18)11-20-16(17)13-8-5-9-19-10-13;/h2-11H,1H3;1H. The maximum absolute atomic E-state index is 12.5. The van der Waals surface area contributed by atoms with Gasteiger partial charge in [0, 0.05) is 36.0 Å². The van der Waals surface area contributed by atoms with Crippen molar-refractivity contribution < 1.29 is 8.42 Å². The van der Waals surface area contributed by atoms with Crippen LogP contribution in [0.1, 0.15) is 0 Å². The van der Waals surface area contributed by atoms with Crippen molar-refractivity contribution in [1.29, 1.82) is 0 Å². The van der Waals surface area contributed by atoms with Crippen molar-refractivity contribution in [3.05, 3.63) is 66.1 Å². The number of hydrogen-bond acceptors (Lipinski definition) is 4. The zero-order valence-corrected chi connectivity index (χ0v) is 15.1. The third-order valence-electron chi connectivity index (χ3n) is 3.36. The maximum Gasteiger partial charge on any atom is 0.178 e. The maximum atomic E-state index is 12.5. The lowest BCUT2D eigenvalue weighted by atomic mass is 10.0. The highest BCUT2D eigenvalue weighted by Crippen LogP contribution is 2.38. The number of benzene rings is 1. The Morgan fingerprint density at radius 3 is 2.21 bits per heavy atom. The first-order valence-electron chi connectivity index (χ1n) is 6.83. The first-order chi connectivity index (χ1) is 11.0. The van der Waals surface area contributed by atoms with Gasteiger partial charge in [-0.25, -0.2) is 8.42 Å². The molecule has 0 amide bonds. The van der Waals surface area contributed by atoms with Crippen LogP contribution in [0.5, 0.6) is 0 Å². The fraction of sp³-hybridized carbons (Fsp3) is 0.0588. The van der Waals surface area contributed by atoms with Gasteiger partial charge >= 0.3 is 0 Å². The lowest BCUT2D eigenvalue weighted by Crippen LogP contribution is -2.05. The van der Waals surface area contributed by atoms with Crippen molar-refractivity contribution in [2.75, 3.05) is 6.26 Å². The fourth-order valence-electron chi connectivity index (χ4n) is 2.41. The number of pyridine rings is 2. The minimum Gasteiger partial charge on any atom is -0.264 e. The molecule has 1 aromatic carbocycles. The van der Waals surface area contributed by atoms with Gasteiger partial charge in [-0.05, 0) is 17.7 Å². The van der Waals surface area contributed by atoms with Crippen LogP contribution >= 0.6 is 24.0 Å². The quantitative estimate of drug-likeness (QED) is 0.679. The molecule has 4 nitrogen and oxygen atoms in total. The summed E-state index contributed by atoms with van der Waals surface area (Å²) in [5, 5.41) is 0.296. The highest BCUT2D eigenvalue weighted by molar-refractivity contribution is 7.91. The molecule has 0 atom stereocenters. The van der Waals surface area contributed by atoms with Crippen molar-refractivity contribution in [3.63, 3.8) is 0 Å². The Kier molecular flexibility index (Phi) is 5.59. The second-order valence-electron chi connectivity index (χ2n) is 5.04. The summed E-state index contributed by atoms with van der Waals surface area (Å²) in [4.78, 5) is 8.41. The molecule has 24 heavy (non-hydrogen) atoms. The predicted molar refractivity (Wildman–Crippen MR) is 98.3 cm³/mol. The summed E-state index contributed by atoms with van der Waals surface area (Å²) in [7, 11) is -3.56. The topological polar surface area (TPSA) is 59.9 Å². The van der Waals surface area contributed by atoms with E-state index >= 15 is 0 Å². The normalized spacial score (nSPS) is 10.9.